The van der Waals surface area contributed by atoms with Gasteiger partial charge in [-0.1, -0.05) is 69.9 Å². The first kappa shape index (κ1) is 17.4. The molecule has 1 rings (SSSR count). The van der Waals surface area contributed by atoms with E-state index < -0.39 is 5.97 Å². The SMILES string of the molecule is CCCCC(CC)CCOOC(=O)C=Cc1ccccc1. The van der Waals surface area contributed by atoms with Crippen LogP contribution in [0.25, 0.3) is 6.08 Å². The molecule has 1 atom stereocenters. The van der Waals surface area contributed by atoms with Crippen LogP contribution in [0.1, 0.15) is 51.5 Å². The van der Waals surface area contributed by atoms with E-state index in [0.29, 0.717) is 12.5 Å². The van der Waals surface area contributed by atoms with Gasteiger partial charge in [0, 0.05) is 6.08 Å². The third-order valence-corrected chi connectivity index (χ3v) is 3.51. The van der Waals surface area contributed by atoms with Crippen LogP contribution in [0.15, 0.2) is 36.4 Å². The topological polar surface area (TPSA) is 35.5 Å². The number of carbonyl (C=O) groups is 1. The molecule has 0 fully saturated rings. The average molecular weight is 290 g/mol. The fourth-order valence-corrected chi connectivity index (χ4v) is 2.12. The van der Waals surface area contributed by atoms with Crippen LogP contribution in [0, 0.1) is 5.92 Å². The summed E-state index contributed by atoms with van der Waals surface area (Å²) in [7, 11) is 0. The lowest BCUT2D eigenvalue weighted by molar-refractivity contribution is -0.268. The lowest BCUT2D eigenvalue weighted by Crippen LogP contribution is -2.08. The summed E-state index contributed by atoms with van der Waals surface area (Å²) in [5.41, 5.74) is 0.958. The van der Waals surface area contributed by atoms with E-state index in [1.807, 2.05) is 30.3 Å². The van der Waals surface area contributed by atoms with Gasteiger partial charge in [-0.3, -0.25) is 4.89 Å². The minimum absolute atomic E-state index is 0.465. The predicted octanol–water partition coefficient (Wildman–Crippen LogP) is 4.78. The second-order valence-corrected chi connectivity index (χ2v) is 5.17. The zero-order valence-corrected chi connectivity index (χ0v) is 13.1. The van der Waals surface area contributed by atoms with E-state index >= 15 is 0 Å². The highest BCUT2D eigenvalue weighted by molar-refractivity contribution is 5.86. The maximum absolute atomic E-state index is 11.5. The molecule has 0 saturated carbocycles. The van der Waals surface area contributed by atoms with Crippen molar-refractivity contribution in [2.75, 3.05) is 6.61 Å². The van der Waals surface area contributed by atoms with Crippen molar-refractivity contribution in [3.63, 3.8) is 0 Å². The highest BCUT2D eigenvalue weighted by atomic mass is 17.2. The standard InChI is InChI=1S/C18H26O3/c1-3-5-9-16(4-2)14-15-20-21-18(19)13-12-17-10-7-6-8-11-17/h6-8,10-13,16H,3-5,9,14-15H2,1-2H3. The molecule has 0 amide bonds. The lowest BCUT2D eigenvalue weighted by Gasteiger charge is -2.13. The molecule has 0 N–H and O–H groups in total. The first-order valence-electron chi connectivity index (χ1n) is 7.82. The van der Waals surface area contributed by atoms with Gasteiger partial charge in [0.2, 0.25) is 0 Å². The van der Waals surface area contributed by atoms with Crippen LogP contribution >= 0.6 is 0 Å². The average Bonchev–Trinajstić information content (AvgIpc) is 2.53. The molecule has 0 saturated heterocycles. The normalized spacial score (nSPS) is 12.5. The number of hydrogen-bond acceptors (Lipinski definition) is 3. The Morgan fingerprint density at radius 2 is 1.95 bits per heavy atom. The zero-order chi connectivity index (χ0) is 15.3. The molecule has 0 spiro atoms. The van der Waals surface area contributed by atoms with E-state index in [1.165, 1.54) is 25.3 Å². The van der Waals surface area contributed by atoms with Gasteiger partial charge in [-0.05, 0) is 24.0 Å². The van der Waals surface area contributed by atoms with Crippen molar-refractivity contribution in [1.29, 1.82) is 0 Å². The van der Waals surface area contributed by atoms with E-state index in [4.69, 9.17) is 9.78 Å². The minimum atomic E-state index is -0.472. The van der Waals surface area contributed by atoms with Crippen LogP contribution in [0.3, 0.4) is 0 Å². The van der Waals surface area contributed by atoms with Gasteiger partial charge < -0.3 is 0 Å². The largest absolute Gasteiger partial charge is 0.365 e. The van der Waals surface area contributed by atoms with Gasteiger partial charge in [0.05, 0.1) is 6.61 Å². The fraction of sp³-hybridized carbons (Fsp3) is 0.500. The van der Waals surface area contributed by atoms with Crippen LogP contribution in [-0.4, -0.2) is 12.6 Å². The number of benzene rings is 1. The minimum Gasteiger partial charge on any atom is -0.294 e. The summed E-state index contributed by atoms with van der Waals surface area (Å²) < 4.78 is 0. The molecule has 1 unspecified atom stereocenters. The zero-order valence-electron chi connectivity index (χ0n) is 13.1. The summed E-state index contributed by atoms with van der Waals surface area (Å²) in [6.45, 7) is 4.85. The Hall–Kier alpha value is -1.61. The molecule has 0 heterocycles. The molecule has 21 heavy (non-hydrogen) atoms. The van der Waals surface area contributed by atoms with E-state index in [1.54, 1.807) is 6.08 Å². The van der Waals surface area contributed by atoms with Crippen LogP contribution in [0.5, 0.6) is 0 Å². The van der Waals surface area contributed by atoms with Crippen molar-refractivity contribution < 1.29 is 14.6 Å². The van der Waals surface area contributed by atoms with Crippen molar-refractivity contribution in [3.8, 4) is 0 Å². The summed E-state index contributed by atoms with van der Waals surface area (Å²) in [5, 5.41) is 0. The van der Waals surface area contributed by atoms with Crippen LogP contribution in [0.2, 0.25) is 0 Å². The van der Waals surface area contributed by atoms with E-state index in [-0.39, 0.29) is 0 Å². The van der Waals surface area contributed by atoms with Crippen LogP contribution in [-0.2, 0) is 14.6 Å². The first-order chi connectivity index (χ1) is 10.3. The van der Waals surface area contributed by atoms with Crippen molar-refractivity contribution in [2.24, 2.45) is 5.92 Å². The molecule has 0 aliphatic carbocycles. The van der Waals surface area contributed by atoms with Crippen molar-refractivity contribution in [2.45, 2.75) is 46.0 Å². The Kier molecular flexibility index (Phi) is 9.21. The molecule has 3 heteroatoms. The van der Waals surface area contributed by atoms with Crippen LogP contribution in [0.4, 0.5) is 0 Å². The van der Waals surface area contributed by atoms with Gasteiger partial charge in [-0.2, -0.15) is 4.89 Å². The summed E-state index contributed by atoms with van der Waals surface area (Å²) in [6, 6.07) is 9.61. The Labute approximate surface area is 127 Å². The van der Waals surface area contributed by atoms with E-state index in [2.05, 4.69) is 13.8 Å². The molecule has 1 aromatic carbocycles. The van der Waals surface area contributed by atoms with Gasteiger partial charge in [-0.25, -0.2) is 4.79 Å². The summed E-state index contributed by atoms with van der Waals surface area (Å²) in [4.78, 5) is 21.2. The molecule has 116 valence electrons. The molecule has 1 aromatic rings. The van der Waals surface area contributed by atoms with Crippen molar-refractivity contribution in [3.05, 3.63) is 42.0 Å². The highest BCUT2D eigenvalue weighted by Crippen LogP contribution is 2.16. The van der Waals surface area contributed by atoms with Crippen LogP contribution < -0.4 is 0 Å². The molecular weight excluding hydrogens is 264 g/mol. The fourth-order valence-electron chi connectivity index (χ4n) is 2.12. The molecule has 0 aromatic heterocycles. The maximum Gasteiger partial charge on any atom is 0.365 e. The smallest absolute Gasteiger partial charge is 0.294 e. The van der Waals surface area contributed by atoms with Gasteiger partial charge in [0.1, 0.15) is 0 Å². The summed E-state index contributed by atoms with van der Waals surface area (Å²) in [5.74, 6) is 0.184. The van der Waals surface area contributed by atoms with E-state index in [0.717, 1.165) is 18.4 Å². The van der Waals surface area contributed by atoms with Crippen molar-refractivity contribution >= 4 is 12.0 Å². The van der Waals surface area contributed by atoms with Crippen molar-refractivity contribution in [1.82, 2.24) is 0 Å². The number of unbranched alkanes of at least 4 members (excludes halogenated alkanes) is 1. The molecule has 0 radical (unpaired) electrons. The number of rotatable bonds is 10. The first-order valence-corrected chi connectivity index (χ1v) is 7.82. The Morgan fingerprint density at radius 3 is 2.62 bits per heavy atom. The molecular formula is C18H26O3. The third kappa shape index (κ3) is 8.30. The maximum atomic E-state index is 11.5. The molecule has 0 bridgehead atoms. The van der Waals surface area contributed by atoms with Gasteiger partial charge in [0.25, 0.3) is 0 Å². The number of carbonyl (C=O) groups excluding carboxylic acids is 1. The molecule has 0 aliphatic rings. The lowest BCUT2D eigenvalue weighted by atomic mass is 9.96. The Morgan fingerprint density at radius 1 is 1.19 bits per heavy atom. The van der Waals surface area contributed by atoms with Gasteiger partial charge >= 0.3 is 5.97 Å². The third-order valence-electron chi connectivity index (χ3n) is 3.51. The predicted molar refractivity (Wildman–Crippen MR) is 85.4 cm³/mol. The second kappa shape index (κ2) is 11.1. The monoisotopic (exact) mass is 290 g/mol. The number of hydrogen-bond donors (Lipinski definition) is 0. The van der Waals surface area contributed by atoms with E-state index in [9.17, 15) is 4.79 Å². The quantitative estimate of drug-likeness (QED) is 0.269. The highest BCUT2D eigenvalue weighted by Gasteiger charge is 2.06. The summed E-state index contributed by atoms with van der Waals surface area (Å²) in [6.07, 6.45) is 8.86. The molecule has 3 nitrogen and oxygen atoms in total. The summed E-state index contributed by atoms with van der Waals surface area (Å²) >= 11 is 0. The van der Waals surface area contributed by atoms with Gasteiger partial charge in [0.15, 0.2) is 0 Å². The van der Waals surface area contributed by atoms with Gasteiger partial charge in [-0.15, -0.1) is 0 Å². The molecule has 0 aliphatic heterocycles. The second-order valence-electron chi connectivity index (χ2n) is 5.17. The Balaban J connectivity index is 2.17. The Bertz CT molecular complexity index is 412.